The fourth-order valence-corrected chi connectivity index (χ4v) is 6.57. The van der Waals surface area contributed by atoms with Crippen LogP contribution in [0.5, 0.6) is 0 Å². The zero-order valence-corrected chi connectivity index (χ0v) is 27.7. The van der Waals surface area contributed by atoms with E-state index < -0.39 is 28.5 Å². The summed E-state index contributed by atoms with van der Waals surface area (Å²) in [7, 11) is -4.20. The Balaban J connectivity index is 1.82. The number of amides is 2. The van der Waals surface area contributed by atoms with E-state index in [1.807, 2.05) is 82.3 Å². The van der Waals surface area contributed by atoms with E-state index in [-0.39, 0.29) is 29.5 Å². The van der Waals surface area contributed by atoms with Gasteiger partial charge in [0.05, 0.1) is 10.6 Å². The molecule has 4 rings (SSSR count). The van der Waals surface area contributed by atoms with Gasteiger partial charge in [0, 0.05) is 24.5 Å². The van der Waals surface area contributed by atoms with Crippen LogP contribution in [0, 0.1) is 20.8 Å². The molecule has 0 aromatic heterocycles. The van der Waals surface area contributed by atoms with Gasteiger partial charge in [-0.05, 0) is 73.7 Å². The summed E-state index contributed by atoms with van der Waals surface area (Å²) in [4.78, 5) is 29.9. The van der Waals surface area contributed by atoms with Crippen LogP contribution in [0.4, 0.5) is 5.69 Å². The molecule has 7 nitrogen and oxygen atoms in total. The van der Waals surface area contributed by atoms with Crippen LogP contribution in [0.15, 0.2) is 102 Å². The van der Waals surface area contributed by atoms with Crippen molar-refractivity contribution in [2.45, 2.75) is 58.0 Å². The van der Waals surface area contributed by atoms with Crippen molar-refractivity contribution in [1.29, 1.82) is 0 Å². The maximum atomic E-state index is 14.5. The molecule has 0 aliphatic heterocycles. The fourth-order valence-electron chi connectivity index (χ4n) is 4.99. The lowest BCUT2D eigenvalue weighted by Crippen LogP contribution is -2.53. The van der Waals surface area contributed by atoms with Gasteiger partial charge in [0.2, 0.25) is 11.8 Å². The Morgan fingerprint density at radius 3 is 2.16 bits per heavy atom. The molecule has 45 heavy (non-hydrogen) atoms. The average Bonchev–Trinajstić information content (AvgIpc) is 3.03. The number of benzene rings is 4. The van der Waals surface area contributed by atoms with Crippen molar-refractivity contribution in [3.05, 3.63) is 130 Å². The first-order valence-corrected chi connectivity index (χ1v) is 16.8. The molecule has 0 spiro atoms. The number of nitrogens with zero attached hydrogens (tertiary/aromatic N) is 2. The molecule has 0 bridgehead atoms. The minimum atomic E-state index is -4.20. The van der Waals surface area contributed by atoms with Crippen molar-refractivity contribution in [1.82, 2.24) is 10.2 Å². The van der Waals surface area contributed by atoms with E-state index >= 15 is 0 Å². The minimum Gasteiger partial charge on any atom is -0.354 e. The van der Waals surface area contributed by atoms with Crippen LogP contribution in [0.2, 0.25) is 5.02 Å². The molecule has 0 heterocycles. The maximum absolute atomic E-state index is 14.5. The standard InChI is InChI=1S/C36H40ClN3O4S/c1-5-21-38-36(42)34(22-29-12-7-6-8-13-29)39(24-30-14-10-9-11-27(30)3)35(41)25-40(31-18-17-28(4)33(37)23-31)45(43,44)32-19-15-26(2)16-20-32/h6-20,23,34H,5,21-22,24-25H2,1-4H3,(H,38,42). The number of carbonyl (C=O) groups is 2. The van der Waals surface area contributed by atoms with E-state index in [0.29, 0.717) is 11.6 Å². The van der Waals surface area contributed by atoms with Gasteiger partial charge in [-0.15, -0.1) is 0 Å². The third-order valence-corrected chi connectivity index (χ3v) is 9.95. The second kappa shape index (κ2) is 15.2. The average molecular weight is 646 g/mol. The van der Waals surface area contributed by atoms with E-state index in [1.54, 1.807) is 30.3 Å². The number of sulfonamides is 1. The lowest BCUT2D eigenvalue weighted by Gasteiger charge is -2.34. The van der Waals surface area contributed by atoms with Crippen molar-refractivity contribution in [3.63, 3.8) is 0 Å². The zero-order chi connectivity index (χ0) is 32.6. The van der Waals surface area contributed by atoms with E-state index in [9.17, 15) is 18.0 Å². The number of nitrogens with one attached hydrogen (secondary N) is 1. The second-order valence-corrected chi connectivity index (χ2v) is 13.5. The summed E-state index contributed by atoms with van der Waals surface area (Å²) in [6, 6.07) is 27.7. The number of rotatable bonds is 13. The van der Waals surface area contributed by atoms with Gasteiger partial charge in [-0.3, -0.25) is 13.9 Å². The Bertz CT molecular complexity index is 1730. The molecule has 0 saturated heterocycles. The zero-order valence-electron chi connectivity index (χ0n) is 26.2. The van der Waals surface area contributed by atoms with Crippen LogP contribution in [0.25, 0.3) is 0 Å². The van der Waals surface area contributed by atoms with Crippen molar-refractivity contribution < 1.29 is 18.0 Å². The molecule has 4 aromatic carbocycles. The van der Waals surface area contributed by atoms with Gasteiger partial charge in [-0.2, -0.15) is 0 Å². The van der Waals surface area contributed by atoms with E-state index in [2.05, 4.69) is 5.32 Å². The van der Waals surface area contributed by atoms with Crippen LogP contribution in [0.1, 0.15) is 41.2 Å². The van der Waals surface area contributed by atoms with Gasteiger partial charge in [0.25, 0.3) is 10.0 Å². The SMILES string of the molecule is CCCNC(=O)C(Cc1ccccc1)N(Cc1ccccc1C)C(=O)CN(c1ccc(C)c(Cl)c1)S(=O)(=O)c1ccc(C)cc1. The molecule has 1 N–H and O–H groups in total. The highest BCUT2D eigenvalue weighted by Crippen LogP contribution is 2.29. The first-order chi connectivity index (χ1) is 21.5. The van der Waals surface area contributed by atoms with Gasteiger partial charge in [-0.1, -0.05) is 96.9 Å². The Kier molecular flexibility index (Phi) is 11.4. The first kappa shape index (κ1) is 33.7. The normalized spacial score (nSPS) is 11.9. The first-order valence-electron chi connectivity index (χ1n) is 15.0. The van der Waals surface area contributed by atoms with Crippen LogP contribution >= 0.6 is 11.6 Å². The summed E-state index contributed by atoms with van der Waals surface area (Å²) in [5.41, 5.74) is 4.63. The number of carbonyl (C=O) groups excluding carboxylic acids is 2. The second-order valence-electron chi connectivity index (χ2n) is 11.2. The summed E-state index contributed by atoms with van der Waals surface area (Å²) in [5, 5.41) is 3.34. The van der Waals surface area contributed by atoms with Gasteiger partial charge >= 0.3 is 0 Å². The number of aryl methyl sites for hydroxylation is 3. The molecule has 0 fully saturated rings. The van der Waals surface area contributed by atoms with Crippen molar-refractivity contribution in [2.24, 2.45) is 0 Å². The highest BCUT2D eigenvalue weighted by atomic mass is 35.5. The number of hydrogen-bond donors (Lipinski definition) is 1. The van der Waals surface area contributed by atoms with Gasteiger partial charge in [0.15, 0.2) is 0 Å². The van der Waals surface area contributed by atoms with Crippen LogP contribution in [-0.2, 0) is 32.6 Å². The molecule has 9 heteroatoms. The van der Waals surface area contributed by atoms with Gasteiger partial charge < -0.3 is 10.2 Å². The Hall–Kier alpha value is -4.14. The summed E-state index contributed by atoms with van der Waals surface area (Å²) in [6.45, 7) is 7.64. The Morgan fingerprint density at radius 1 is 0.844 bits per heavy atom. The van der Waals surface area contributed by atoms with Crippen LogP contribution in [-0.4, -0.2) is 44.3 Å². The van der Waals surface area contributed by atoms with Crippen LogP contribution < -0.4 is 9.62 Å². The summed E-state index contributed by atoms with van der Waals surface area (Å²) in [6.07, 6.45) is 0.987. The van der Waals surface area contributed by atoms with Crippen molar-refractivity contribution >= 4 is 39.1 Å². The minimum absolute atomic E-state index is 0.0459. The fraction of sp³-hybridized carbons (Fsp3) is 0.278. The molecular weight excluding hydrogens is 606 g/mol. The topological polar surface area (TPSA) is 86.8 Å². The van der Waals surface area contributed by atoms with E-state index in [4.69, 9.17) is 11.6 Å². The molecule has 0 aliphatic carbocycles. The van der Waals surface area contributed by atoms with Crippen LogP contribution in [0.3, 0.4) is 0 Å². The summed E-state index contributed by atoms with van der Waals surface area (Å²) >= 11 is 6.46. The molecule has 2 amide bonds. The smallest absolute Gasteiger partial charge is 0.264 e. The molecule has 0 saturated carbocycles. The van der Waals surface area contributed by atoms with Crippen molar-refractivity contribution in [3.8, 4) is 0 Å². The molecule has 4 aromatic rings. The lowest BCUT2D eigenvalue weighted by atomic mass is 10.0. The third-order valence-electron chi connectivity index (χ3n) is 7.75. The molecule has 1 atom stereocenters. The molecule has 0 aliphatic rings. The maximum Gasteiger partial charge on any atom is 0.264 e. The summed E-state index contributed by atoms with van der Waals surface area (Å²) in [5.74, 6) is -0.813. The molecule has 236 valence electrons. The van der Waals surface area contributed by atoms with E-state index in [1.165, 1.54) is 17.0 Å². The Morgan fingerprint density at radius 2 is 1.51 bits per heavy atom. The quantitative estimate of drug-likeness (QED) is 0.177. The highest BCUT2D eigenvalue weighted by molar-refractivity contribution is 7.92. The van der Waals surface area contributed by atoms with E-state index in [0.717, 1.165) is 38.5 Å². The number of anilines is 1. The molecule has 1 unspecified atom stereocenters. The Labute approximate surface area is 271 Å². The molecular formula is C36H40ClN3O4S. The summed E-state index contributed by atoms with van der Waals surface area (Å²) < 4.78 is 29.4. The lowest BCUT2D eigenvalue weighted by molar-refractivity contribution is -0.140. The van der Waals surface area contributed by atoms with Gasteiger partial charge in [-0.25, -0.2) is 8.42 Å². The third kappa shape index (κ3) is 8.53. The predicted octanol–water partition coefficient (Wildman–Crippen LogP) is 6.63. The predicted molar refractivity (Wildman–Crippen MR) is 181 cm³/mol. The highest BCUT2D eigenvalue weighted by Gasteiger charge is 2.35. The number of hydrogen-bond acceptors (Lipinski definition) is 4. The number of halogens is 1. The van der Waals surface area contributed by atoms with Crippen molar-refractivity contribution in [2.75, 3.05) is 17.4 Å². The monoisotopic (exact) mass is 645 g/mol. The molecule has 0 radical (unpaired) electrons. The van der Waals surface area contributed by atoms with Gasteiger partial charge in [0.1, 0.15) is 12.6 Å². The largest absolute Gasteiger partial charge is 0.354 e.